The van der Waals surface area contributed by atoms with E-state index in [9.17, 15) is 15.0 Å². The minimum atomic E-state index is -1.19. The summed E-state index contributed by atoms with van der Waals surface area (Å²) in [5.74, 6) is 0.779. The number of rotatable bonds is 12. The van der Waals surface area contributed by atoms with Gasteiger partial charge in [-0.15, -0.1) is 0 Å². The molecule has 1 aliphatic carbocycles. The molecule has 1 amide bonds. The van der Waals surface area contributed by atoms with Crippen molar-refractivity contribution in [3.05, 3.63) is 114 Å². The minimum absolute atomic E-state index is 0.0222. The zero-order valence-corrected chi connectivity index (χ0v) is 27.2. The van der Waals surface area contributed by atoms with Crippen LogP contribution in [0.1, 0.15) is 41.5 Å². The van der Waals surface area contributed by atoms with Crippen LogP contribution >= 0.6 is 0 Å². The Morgan fingerprint density at radius 1 is 0.939 bits per heavy atom. The van der Waals surface area contributed by atoms with Gasteiger partial charge in [0, 0.05) is 31.6 Å². The van der Waals surface area contributed by atoms with Gasteiger partial charge in [0.25, 0.3) is 0 Å². The first-order chi connectivity index (χ1) is 23.9. The Morgan fingerprint density at radius 2 is 1.61 bits per heavy atom. The van der Waals surface area contributed by atoms with Gasteiger partial charge in [-0.2, -0.15) is 9.97 Å². The standard InChI is InChI=1S/C37H42N8O4/c38-27-16-17-44(20-27)37-42-35(39-19-28(25-12-6-2-7-13-25)26-14-8-3-9-15-26)32-36(43-37)45(23-40-32)30-18-29(33(47)34(30)48)41-31(46)22-49-21-24-10-4-1-5-11-24/h1-15,23,27-30,33-34,47-48H,16-22,38H2,(H,41,46)(H,39,42,43)/t27?,29-,30+,33+,34-/m0/s1. The Bertz CT molecular complexity index is 1800. The third-order valence-corrected chi connectivity index (χ3v) is 9.49. The number of hydrogen-bond donors (Lipinski definition) is 5. The van der Waals surface area contributed by atoms with Crippen LogP contribution in [0.5, 0.6) is 0 Å². The van der Waals surface area contributed by atoms with Crippen molar-refractivity contribution >= 4 is 28.8 Å². The molecule has 12 heteroatoms. The van der Waals surface area contributed by atoms with Gasteiger partial charge in [0.2, 0.25) is 11.9 Å². The number of ether oxygens (including phenoxy) is 1. The van der Waals surface area contributed by atoms with E-state index in [4.69, 9.17) is 25.4 Å². The van der Waals surface area contributed by atoms with E-state index >= 15 is 0 Å². The van der Waals surface area contributed by atoms with Gasteiger partial charge in [-0.1, -0.05) is 91.0 Å². The molecule has 2 fully saturated rings. The summed E-state index contributed by atoms with van der Waals surface area (Å²) in [7, 11) is 0. The molecule has 1 saturated carbocycles. The molecule has 1 saturated heterocycles. The quantitative estimate of drug-likeness (QED) is 0.134. The molecule has 12 nitrogen and oxygen atoms in total. The Balaban J connectivity index is 1.13. The fraction of sp³-hybridized carbons (Fsp3) is 0.351. The summed E-state index contributed by atoms with van der Waals surface area (Å²) in [5, 5.41) is 28.7. The van der Waals surface area contributed by atoms with Crippen LogP contribution in [0.4, 0.5) is 11.8 Å². The second kappa shape index (κ2) is 14.7. The molecule has 2 aromatic heterocycles. The van der Waals surface area contributed by atoms with Crippen molar-refractivity contribution in [2.24, 2.45) is 5.73 Å². The van der Waals surface area contributed by atoms with Crippen molar-refractivity contribution in [1.29, 1.82) is 0 Å². The fourth-order valence-electron chi connectivity index (χ4n) is 6.89. The van der Waals surface area contributed by atoms with E-state index in [1.165, 1.54) is 11.1 Å². The number of nitrogens with two attached hydrogens (primary N) is 1. The molecule has 1 unspecified atom stereocenters. The van der Waals surface area contributed by atoms with E-state index in [0.29, 0.717) is 42.6 Å². The van der Waals surface area contributed by atoms with Gasteiger partial charge >= 0.3 is 0 Å². The maximum absolute atomic E-state index is 12.7. The Kier molecular flexibility index (Phi) is 9.80. The van der Waals surface area contributed by atoms with Gasteiger partial charge in [-0.25, -0.2) is 4.98 Å². The molecule has 49 heavy (non-hydrogen) atoms. The summed E-state index contributed by atoms with van der Waals surface area (Å²) in [6.45, 7) is 2.04. The predicted molar refractivity (Wildman–Crippen MR) is 187 cm³/mol. The average Bonchev–Trinajstić information content (AvgIpc) is 3.83. The Hall–Kier alpha value is -4.88. The lowest BCUT2D eigenvalue weighted by Gasteiger charge is -2.22. The molecular weight excluding hydrogens is 620 g/mol. The maximum Gasteiger partial charge on any atom is 0.246 e. The first-order valence-electron chi connectivity index (χ1n) is 16.8. The molecule has 1 aliphatic heterocycles. The zero-order valence-electron chi connectivity index (χ0n) is 27.2. The summed E-state index contributed by atoms with van der Waals surface area (Å²) in [6, 6.07) is 29.0. The smallest absolute Gasteiger partial charge is 0.246 e. The monoisotopic (exact) mass is 662 g/mol. The summed E-state index contributed by atoms with van der Waals surface area (Å²) >= 11 is 0. The molecule has 7 rings (SSSR count). The Labute approximate surface area is 285 Å². The number of benzene rings is 3. The molecule has 6 N–H and O–H groups in total. The van der Waals surface area contributed by atoms with Crippen molar-refractivity contribution in [2.75, 3.05) is 36.5 Å². The Morgan fingerprint density at radius 3 is 2.27 bits per heavy atom. The van der Waals surface area contributed by atoms with Crippen molar-refractivity contribution in [2.45, 2.75) is 55.7 Å². The van der Waals surface area contributed by atoms with Gasteiger partial charge in [0.15, 0.2) is 17.0 Å². The first kappa shape index (κ1) is 32.7. The molecular formula is C37H42N8O4. The van der Waals surface area contributed by atoms with Crippen LogP contribution in [0, 0.1) is 0 Å². The van der Waals surface area contributed by atoms with Crippen LogP contribution in [-0.4, -0.2) is 86.2 Å². The van der Waals surface area contributed by atoms with E-state index < -0.39 is 24.3 Å². The lowest BCUT2D eigenvalue weighted by molar-refractivity contribution is -0.127. The van der Waals surface area contributed by atoms with Crippen LogP contribution in [-0.2, 0) is 16.1 Å². The first-order valence-corrected chi connectivity index (χ1v) is 16.8. The highest BCUT2D eigenvalue weighted by Crippen LogP contribution is 2.35. The molecule has 5 atom stereocenters. The number of nitrogens with zero attached hydrogens (tertiary/aromatic N) is 5. The second-order valence-electron chi connectivity index (χ2n) is 12.9. The van der Waals surface area contributed by atoms with Crippen LogP contribution in [0.3, 0.4) is 0 Å². The fourth-order valence-corrected chi connectivity index (χ4v) is 6.89. The molecule has 0 spiro atoms. The van der Waals surface area contributed by atoms with Crippen LogP contribution < -0.4 is 21.3 Å². The highest BCUT2D eigenvalue weighted by molar-refractivity contribution is 5.84. The predicted octanol–water partition coefficient (Wildman–Crippen LogP) is 2.98. The average molecular weight is 663 g/mol. The number of anilines is 2. The van der Waals surface area contributed by atoms with Crippen molar-refractivity contribution in [3.63, 3.8) is 0 Å². The molecule has 5 aromatic rings. The van der Waals surface area contributed by atoms with Crippen LogP contribution in [0.15, 0.2) is 97.3 Å². The van der Waals surface area contributed by atoms with E-state index in [1.54, 1.807) is 10.9 Å². The molecule has 3 heterocycles. The number of imidazole rings is 1. The normalized spacial score (nSPS) is 22.2. The van der Waals surface area contributed by atoms with Crippen molar-refractivity contribution in [3.8, 4) is 0 Å². The number of carbonyl (C=O) groups is 1. The number of fused-ring (bicyclic) bond motifs is 1. The van der Waals surface area contributed by atoms with Gasteiger partial charge < -0.3 is 40.8 Å². The largest absolute Gasteiger partial charge is 0.388 e. The molecule has 3 aromatic carbocycles. The zero-order chi connectivity index (χ0) is 33.7. The summed E-state index contributed by atoms with van der Waals surface area (Å²) in [6.07, 6.45) is 0.386. The minimum Gasteiger partial charge on any atom is -0.388 e. The lowest BCUT2D eigenvalue weighted by atomic mass is 9.91. The van der Waals surface area contributed by atoms with E-state index in [0.717, 1.165) is 18.5 Å². The summed E-state index contributed by atoms with van der Waals surface area (Å²) in [4.78, 5) is 29.4. The summed E-state index contributed by atoms with van der Waals surface area (Å²) in [5.41, 5.74) is 10.6. The highest BCUT2D eigenvalue weighted by Gasteiger charge is 2.44. The molecule has 2 aliphatic rings. The van der Waals surface area contributed by atoms with Crippen molar-refractivity contribution in [1.82, 2.24) is 24.8 Å². The van der Waals surface area contributed by atoms with E-state index in [2.05, 4.69) is 39.8 Å². The number of aliphatic hydroxyl groups is 2. The lowest BCUT2D eigenvalue weighted by Crippen LogP contribution is -2.44. The van der Waals surface area contributed by atoms with Crippen LogP contribution in [0.2, 0.25) is 0 Å². The number of carbonyl (C=O) groups excluding carboxylic acids is 1. The molecule has 0 bridgehead atoms. The number of hydrogen-bond acceptors (Lipinski definition) is 10. The van der Waals surface area contributed by atoms with Gasteiger partial charge in [-0.05, 0) is 29.5 Å². The SMILES string of the molecule is NC1CCN(c2nc(NCC(c3ccccc3)c3ccccc3)c3ncn([C@@H]4C[C@H](NC(=O)COCc5ccccc5)[C@@H](O)[C@H]4O)c3n2)C1. The van der Waals surface area contributed by atoms with E-state index in [1.807, 2.05) is 66.7 Å². The second-order valence-corrected chi connectivity index (χ2v) is 12.9. The van der Waals surface area contributed by atoms with Crippen molar-refractivity contribution < 1.29 is 19.7 Å². The maximum atomic E-state index is 12.7. The summed E-state index contributed by atoms with van der Waals surface area (Å²) < 4.78 is 7.37. The molecule has 0 radical (unpaired) electrons. The number of amides is 1. The highest BCUT2D eigenvalue weighted by atomic mass is 16.5. The molecule has 254 valence electrons. The van der Waals surface area contributed by atoms with Gasteiger partial charge in [-0.3, -0.25) is 4.79 Å². The van der Waals surface area contributed by atoms with E-state index in [-0.39, 0.29) is 30.9 Å². The topological polar surface area (TPSA) is 164 Å². The van der Waals surface area contributed by atoms with Gasteiger partial charge in [0.1, 0.15) is 18.8 Å². The van der Waals surface area contributed by atoms with Gasteiger partial charge in [0.05, 0.1) is 25.0 Å². The number of aromatic nitrogens is 4. The van der Waals surface area contributed by atoms with Crippen LogP contribution in [0.25, 0.3) is 11.2 Å². The third kappa shape index (κ3) is 7.27. The number of nitrogens with one attached hydrogen (secondary N) is 2. The number of aliphatic hydroxyl groups excluding tert-OH is 2. The third-order valence-electron chi connectivity index (χ3n) is 9.49.